The topological polar surface area (TPSA) is 82.6 Å². The van der Waals surface area contributed by atoms with Crippen LogP contribution < -0.4 is 15.4 Å². The van der Waals surface area contributed by atoms with Crippen molar-refractivity contribution in [2.24, 2.45) is 4.99 Å². The highest BCUT2D eigenvalue weighted by Gasteiger charge is 2.29. The Morgan fingerprint density at radius 1 is 1.37 bits per heavy atom. The number of benzene rings is 1. The molecule has 0 amide bonds. The van der Waals surface area contributed by atoms with Crippen LogP contribution in [-0.4, -0.2) is 50.8 Å². The first-order valence-corrected chi connectivity index (χ1v) is 11.2. The van der Waals surface area contributed by atoms with Gasteiger partial charge in [-0.3, -0.25) is 9.71 Å². The second kappa shape index (κ2) is 10.7. The summed E-state index contributed by atoms with van der Waals surface area (Å²) in [5, 5.41) is 6.26. The van der Waals surface area contributed by atoms with E-state index in [2.05, 4.69) is 27.3 Å². The van der Waals surface area contributed by atoms with Crippen molar-refractivity contribution in [3.05, 3.63) is 29.6 Å². The van der Waals surface area contributed by atoms with Gasteiger partial charge in [-0.05, 0) is 50.1 Å². The second-order valence-electron chi connectivity index (χ2n) is 6.64. The van der Waals surface area contributed by atoms with Crippen LogP contribution in [-0.2, 0) is 10.0 Å². The molecule has 0 saturated carbocycles. The maximum absolute atomic E-state index is 13.5. The summed E-state index contributed by atoms with van der Waals surface area (Å²) in [6.07, 6.45) is 2.38. The largest absolute Gasteiger partial charge is 0.355 e. The van der Waals surface area contributed by atoms with E-state index in [1.807, 2.05) is 11.8 Å². The van der Waals surface area contributed by atoms with E-state index in [1.54, 1.807) is 26.1 Å². The smallest absolute Gasteiger partial charge is 0.234 e. The highest BCUT2D eigenvalue weighted by Crippen LogP contribution is 2.36. The fourth-order valence-corrected chi connectivity index (χ4v) is 4.86. The maximum Gasteiger partial charge on any atom is 0.234 e. The molecule has 1 fully saturated rings. The highest BCUT2D eigenvalue weighted by atomic mass is 127. The molecule has 1 aliphatic rings. The predicted molar refractivity (Wildman–Crippen MR) is 123 cm³/mol. The molecule has 154 valence electrons. The molecule has 1 aliphatic heterocycles. The van der Waals surface area contributed by atoms with E-state index in [4.69, 9.17) is 0 Å². The molecule has 1 atom stereocenters. The van der Waals surface area contributed by atoms with Crippen LogP contribution in [0.5, 0.6) is 0 Å². The Morgan fingerprint density at radius 2 is 2.11 bits per heavy atom. The molecule has 0 radical (unpaired) electrons. The molecular formula is C17H28FIN4O2S2. The Balaban J connectivity index is 0.00000364. The van der Waals surface area contributed by atoms with Crippen LogP contribution in [0.15, 0.2) is 23.2 Å². The number of rotatable bonds is 7. The van der Waals surface area contributed by atoms with Crippen molar-refractivity contribution in [1.29, 1.82) is 0 Å². The van der Waals surface area contributed by atoms with Gasteiger partial charge >= 0.3 is 0 Å². The van der Waals surface area contributed by atoms with Crippen LogP contribution >= 0.6 is 35.7 Å². The van der Waals surface area contributed by atoms with Gasteiger partial charge in [0.2, 0.25) is 10.0 Å². The van der Waals surface area contributed by atoms with Crippen LogP contribution in [0.25, 0.3) is 0 Å². The van der Waals surface area contributed by atoms with E-state index in [1.165, 1.54) is 18.2 Å². The lowest BCUT2D eigenvalue weighted by molar-refractivity contribution is 0.584. The molecule has 3 N–H and O–H groups in total. The molecule has 27 heavy (non-hydrogen) atoms. The summed E-state index contributed by atoms with van der Waals surface area (Å²) in [5.41, 5.74) is 0.695. The number of nitrogens with zero attached hydrogens (tertiary/aromatic N) is 1. The van der Waals surface area contributed by atoms with Gasteiger partial charge < -0.3 is 10.6 Å². The van der Waals surface area contributed by atoms with Gasteiger partial charge in [-0.2, -0.15) is 11.8 Å². The summed E-state index contributed by atoms with van der Waals surface area (Å²) in [4.78, 5) is 4.13. The van der Waals surface area contributed by atoms with Gasteiger partial charge in [0.15, 0.2) is 5.96 Å². The van der Waals surface area contributed by atoms with Crippen molar-refractivity contribution < 1.29 is 12.8 Å². The fourth-order valence-electron chi connectivity index (χ4n) is 2.66. The van der Waals surface area contributed by atoms with Gasteiger partial charge in [0.05, 0.1) is 11.4 Å². The highest BCUT2D eigenvalue weighted by molar-refractivity contribution is 14.0. The minimum Gasteiger partial charge on any atom is -0.355 e. The lowest BCUT2D eigenvalue weighted by atomic mass is 10.1. The third-order valence-electron chi connectivity index (χ3n) is 4.26. The molecule has 0 aliphatic carbocycles. The zero-order chi connectivity index (χ0) is 19.2. The van der Waals surface area contributed by atoms with Gasteiger partial charge in [0.25, 0.3) is 0 Å². The minimum atomic E-state index is -3.58. The number of hydrogen-bond donors (Lipinski definition) is 3. The zero-order valence-electron chi connectivity index (χ0n) is 15.8. The van der Waals surface area contributed by atoms with Crippen molar-refractivity contribution in [1.82, 2.24) is 10.6 Å². The Hall–Kier alpha value is -0.750. The van der Waals surface area contributed by atoms with Crippen LogP contribution in [0.1, 0.15) is 25.3 Å². The lowest BCUT2D eigenvalue weighted by Crippen LogP contribution is -2.45. The van der Waals surface area contributed by atoms with E-state index in [0.717, 1.165) is 13.0 Å². The Kier molecular flexibility index (Phi) is 9.63. The number of halogens is 2. The van der Waals surface area contributed by atoms with Crippen LogP contribution in [0.2, 0.25) is 0 Å². The summed E-state index contributed by atoms with van der Waals surface area (Å²) in [6.45, 7) is 4.83. The SMILES string of the molecule is CN=C(NCCS(=O)(=O)Nc1ccc(C)c(F)c1)NCC1(C)CCCS1.I. The second-order valence-corrected chi connectivity index (χ2v) is 10.2. The first kappa shape index (κ1) is 24.3. The Labute approximate surface area is 182 Å². The summed E-state index contributed by atoms with van der Waals surface area (Å²) >= 11 is 1.95. The van der Waals surface area contributed by atoms with Gasteiger partial charge in [-0.25, -0.2) is 12.8 Å². The molecule has 0 aromatic heterocycles. The van der Waals surface area contributed by atoms with Crippen LogP contribution in [0.4, 0.5) is 10.1 Å². The number of aryl methyl sites for hydroxylation is 1. The van der Waals surface area contributed by atoms with Crippen molar-refractivity contribution in [3.8, 4) is 0 Å². The predicted octanol–water partition coefficient (Wildman–Crippen LogP) is 2.94. The monoisotopic (exact) mass is 530 g/mol. The molecule has 1 aromatic rings. The van der Waals surface area contributed by atoms with E-state index < -0.39 is 15.8 Å². The minimum absolute atomic E-state index is 0. The molecular weight excluding hydrogens is 502 g/mol. The third kappa shape index (κ3) is 8.02. The number of hydrogen-bond acceptors (Lipinski definition) is 4. The van der Waals surface area contributed by atoms with E-state index in [9.17, 15) is 12.8 Å². The number of sulfonamides is 1. The van der Waals surface area contributed by atoms with Gasteiger partial charge in [-0.15, -0.1) is 24.0 Å². The van der Waals surface area contributed by atoms with Gasteiger partial charge in [-0.1, -0.05) is 6.07 Å². The average Bonchev–Trinajstić information content (AvgIpc) is 3.01. The number of guanidine groups is 1. The quantitative estimate of drug-likeness (QED) is 0.287. The molecule has 0 spiro atoms. The zero-order valence-corrected chi connectivity index (χ0v) is 19.8. The number of aliphatic imine (C=N–C) groups is 1. The third-order valence-corrected chi connectivity index (χ3v) is 7.09. The molecule has 0 bridgehead atoms. The number of thioether (sulfide) groups is 1. The van der Waals surface area contributed by atoms with E-state index in [0.29, 0.717) is 11.5 Å². The van der Waals surface area contributed by atoms with Gasteiger partial charge in [0.1, 0.15) is 5.82 Å². The first-order chi connectivity index (χ1) is 12.2. The fraction of sp³-hybridized carbons (Fsp3) is 0.588. The summed E-state index contributed by atoms with van der Waals surface area (Å²) < 4.78 is 40.4. The number of anilines is 1. The molecule has 1 unspecified atom stereocenters. The van der Waals surface area contributed by atoms with Crippen LogP contribution in [0.3, 0.4) is 0 Å². The van der Waals surface area contributed by atoms with E-state index in [-0.39, 0.29) is 46.7 Å². The molecule has 6 nitrogen and oxygen atoms in total. The first-order valence-electron chi connectivity index (χ1n) is 8.58. The average molecular weight is 530 g/mol. The summed E-state index contributed by atoms with van der Waals surface area (Å²) in [5.74, 6) is 1.17. The van der Waals surface area contributed by atoms with Crippen molar-refractivity contribution >= 4 is 57.4 Å². The molecule has 1 saturated heterocycles. The summed E-state index contributed by atoms with van der Waals surface area (Å²) in [6, 6.07) is 4.27. The molecule has 1 heterocycles. The number of nitrogens with one attached hydrogen (secondary N) is 3. The lowest BCUT2D eigenvalue weighted by Gasteiger charge is -2.24. The Morgan fingerprint density at radius 3 is 2.70 bits per heavy atom. The van der Waals surface area contributed by atoms with E-state index >= 15 is 0 Å². The normalized spacial score (nSPS) is 20.1. The molecule has 10 heteroatoms. The maximum atomic E-state index is 13.5. The van der Waals surface area contributed by atoms with Gasteiger partial charge in [0, 0.05) is 24.9 Å². The molecule has 1 aromatic carbocycles. The standard InChI is InChI=1S/C17H27FN4O2S2.HI/c1-13-5-6-14(11-15(13)18)22-26(23,24)10-8-20-16(19-3)21-12-17(2)7-4-9-25-17;/h5-6,11,22H,4,7-10,12H2,1-3H3,(H2,19,20,21);1H. The van der Waals surface area contributed by atoms with Crippen molar-refractivity contribution in [2.45, 2.75) is 31.4 Å². The van der Waals surface area contributed by atoms with Crippen molar-refractivity contribution in [2.75, 3.05) is 36.4 Å². The summed E-state index contributed by atoms with van der Waals surface area (Å²) in [7, 11) is -1.92. The molecule has 2 rings (SSSR count). The van der Waals surface area contributed by atoms with Crippen molar-refractivity contribution in [3.63, 3.8) is 0 Å². The Bertz CT molecular complexity index is 753. The van der Waals surface area contributed by atoms with Crippen LogP contribution in [0, 0.1) is 12.7 Å².